The highest BCUT2D eigenvalue weighted by atomic mass is 16.5. The van der Waals surface area contributed by atoms with Crippen molar-refractivity contribution in [1.82, 2.24) is 20.4 Å². The molecule has 7 heteroatoms. The summed E-state index contributed by atoms with van der Waals surface area (Å²) >= 11 is 0. The third-order valence-corrected chi connectivity index (χ3v) is 7.23. The quantitative estimate of drug-likeness (QED) is 0.600. The number of hydrogen-bond donors (Lipinski definition) is 1. The molecule has 2 atom stereocenters. The lowest BCUT2D eigenvalue weighted by molar-refractivity contribution is -0.123. The van der Waals surface area contributed by atoms with Crippen molar-refractivity contribution in [3.05, 3.63) is 47.3 Å². The highest BCUT2D eigenvalue weighted by molar-refractivity contribution is 5.82. The zero-order chi connectivity index (χ0) is 23.1. The molecular formula is C26H31N5O2. The second kappa shape index (κ2) is 8.61. The van der Waals surface area contributed by atoms with Crippen LogP contribution in [0, 0.1) is 31.6 Å². The average molecular weight is 446 g/mol. The van der Waals surface area contributed by atoms with Gasteiger partial charge in [0.05, 0.1) is 17.0 Å². The summed E-state index contributed by atoms with van der Waals surface area (Å²) in [7, 11) is 3.84. The monoisotopic (exact) mass is 445 g/mol. The fourth-order valence-corrected chi connectivity index (χ4v) is 5.11. The molecule has 2 aliphatic rings. The predicted molar refractivity (Wildman–Crippen MR) is 128 cm³/mol. The van der Waals surface area contributed by atoms with E-state index in [0.717, 1.165) is 33.6 Å². The third kappa shape index (κ3) is 4.12. The van der Waals surface area contributed by atoms with Gasteiger partial charge in [0.25, 0.3) is 0 Å². The summed E-state index contributed by atoms with van der Waals surface area (Å²) in [6.45, 7) is 4.47. The fourth-order valence-electron chi connectivity index (χ4n) is 5.11. The normalized spacial score (nSPS) is 21.4. The maximum atomic E-state index is 12.6. The van der Waals surface area contributed by atoms with Gasteiger partial charge in [0.15, 0.2) is 5.76 Å². The van der Waals surface area contributed by atoms with Gasteiger partial charge in [-0.25, -0.2) is 9.97 Å². The Labute approximate surface area is 194 Å². The minimum atomic E-state index is 0.223. The Kier molecular flexibility index (Phi) is 5.64. The van der Waals surface area contributed by atoms with Crippen molar-refractivity contribution < 1.29 is 9.32 Å². The van der Waals surface area contributed by atoms with Crippen LogP contribution in [-0.2, 0) is 11.3 Å². The Morgan fingerprint density at radius 1 is 1.12 bits per heavy atom. The number of nitrogens with one attached hydrogen (secondary N) is 1. The second-order valence-electron chi connectivity index (χ2n) is 9.60. The van der Waals surface area contributed by atoms with Gasteiger partial charge in [-0.15, -0.1) is 0 Å². The molecule has 1 N–H and O–H groups in total. The van der Waals surface area contributed by atoms with Gasteiger partial charge in [0.2, 0.25) is 11.9 Å². The van der Waals surface area contributed by atoms with E-state index in [4.69, 9.17) is 9.51 Å². The second-order valence-corrected chi connectivity index (χ2v) is 9.60. The first-order valence-electron chi connectivity index (χ1n) is 11.8. The van der Waals surface area contributed by atoms with Gasteiger partial charge in [-0.1, -0.05) is 42.3 Å². The number of nitrogens with zero attached hydrogens (tertiary/aromatic N) is 4. The van der Waals surface area contributed by atoms with Gasteiger partial charge in [-0.05, 0) is 44.1 Å². The number of hydrogen-bond acceptors (Lipinski definition) is 6. The summed E-state index contributed by atoms with van der Waals surface area (Å²) in [5.74, 6) is 3.05. The van der Waals surface area contributed by atoms with Gasteiger partial charge in [0.1, 0.15) is 0 Å². The molecule has 0 aliphatic heterocycles. The molecule has 0 radical (unpaired) electrons. The first-order chi connectivity index (χ1) is 15.9. The standard InChI is InChI=1S/C26H31N5O2/c1-15-16(2)30-33-24(15)21-14-28-26(31(3)4)29-23(21)18-11-9-17(10-12-18)13-27-25(32)22-19-7-5-6-8-20(19)22/h9-12,14,19-20,22H,5-8,13H2,1-4H3,(H,27,32)/t19-,20-/m1/s1. The van der Waals surface area contributed by atoms with Crippen LogP contribution in [0.15, 0.2) is 35.0 Å². The molecule has 2 saturated carbocycles. The van der Waals surface area contributed by atoms with Crippen LogP contribution in [0.1, 0.15) is 42.5 Å². The maximum Gasteiger partial charge on any atom is 0.225 e. The molecular weight excluding hydrogens is 414 g/mol. The number of benzene rings is 1. The molecule has 5 rings (SSSR count). The van der Waals surface area contributed by atoms with E-state index in [2.05, 4.69) is 27.6 Å². The van der Waals surface area contributed by atoms with Crippen LogP contribution in [-0.4, -0.2) is 35.1 Å². The number of rotatable bonds is 6. The van der Waals surface area contributed by atoms with Gasteiger partial charge >= 0.3 is 0 Å². The molecule has 2 fully saturated rings. The molecule has 1 aromatic carbocycles. The number of fused-ring (bicyclic) bond motifs is 1. The molecule has 1 amide bonds. The lowest BCUT2D eigenvalue weighted by Gasteiger charge is -2.14. The molecule has 172 valence electrons. The van der Waals surface area contributed by atoms with Gasteiger partial charge in [-0.3, -0.25) is 4.79 Å². The molecule has 2 heterocycles. The number of aryl methyl sites for hydroxylation is 1. The number of anilines is 1. The smallest absolute Gasteiger partial charge is 0.225 e. The van der Waals surface area contributed by atoms with E-state index >= 15 is 0 Å². The molecule has 2 aromatic heterocycles. The Balaban J connectivity index is 1.35. The van der Waals surface area contributed by atoms with Crippen molar-refractivity contribution in [2.75, 3.05) is 19.0 Å². The van der Waals surface area contributed by atoms with E-state index in [1.54, 1.807) is 6.20 Å². The summed E-state index contributed by atoms with van der Waals surface area (Å²) in [5.41, 5.74) is 5.49. The zero-order valence-electron chi connectivity index (χ0n) is 19.8. The van der Waals surface area contributed by atoms with E-state index in [1.807, 2.05) is 45.0 Å². The van der Waals surface area contributed by atoms with Crippen molar-refractivity contribution in [2.24, 2.45) is 17.8 Å². The highest BCUT2D eigenvalue weighted by Gasteiger charge is 2.54. The molecule has 0 unspecified atom stereocenters. The Morgan fingerprint density at radius 2 is 1.82 bits per heavy atom. The summed E-state index contributed by atoms with van der Waals surface area (Å²) in [6.07, 6.45) is 6.80. The molecule has 7 nitrogen and oxygen atoms in total. The lowest BCUT2D eigenvalue weighted by Crippen LogP contribution is -2.25. The van der Waals surface area contributed by atoms with Crippen LogP contribution in [0.4, 0.5) is 5.95 Å². The lowest BCUT2D eigenvalue weighted by atomic mass is 10.0. The third-order valence-electron chi connectivity index (χ3n) is 7.23. The molecule has 3 aromatic rings. The Morgan fingerprint density at radius 3 is 2.42 bits per heavy atom. The van der Waals surface area contributed by atoms with Crippen LogP contribution in [0.5, 0.6) is 0 Å². The number of aromatic nitrogens is 3. The van der Waals surface area contributed by atoms with Gasteiger partial charge < -0.3 is 14.7 Å². The van der Waals surface area contributed by atoms with E-state index in [-0.39, 0.29) is 11.8 Å². The van der Waals surface area contributed by atoms with Crippen molar-refractivity contribution in [3.8, 4) is 22.6 Å². The molecule has 0 spiro atoms. The van der Waals surface area contributed by atoms with Crippen molar-refractivity contribution in [2.45, 2.75) is 46.1 Å². The van der Waals surface area contributed by atoms with Crippen molar-refractivity contribution in [3.63, 3.8) is 0 Å². The van der Waals surface area contributed by atoms with Crippen LogP contribution < -0.4 is 10.2 Å². The van der Waals surface area contributed by atoms with Gasteiger partial charge in [0, 0.05) is 43.9 Å². The average Bonchev–Trinajstić information content (AvgIpc) is 3.48. The van der Waals surface area contributed by atoms with E-state index < -0.39 is 0 Å². The van der Waals surface area contributed by atoms with Crippen LogP contribution in [0.2, 0.25) is 0 Å². The zero-order valence-corrected chi connectivity index (χ0v) is 19.8. The first kappa shape index (κ1) is 21.6. The van der Waals surface area contributed by atoms with E-state index in [0.29, 0.717) is 30.1 Å². The van der Waals surface area contributed by atoms with Crippen LogP contribution in [0.3, 0.4) is 0 Å². The maximum absolute atomic E-state index is 12.6. The van der Waals surface area contributed by atoms with Crippen LogP contribution >= 0.6 is 0 Å². The molecule has 0 bridgehead atoms. The van der Waals surface area contributed by atoms with Crippen molar-refractivity contribution >= 4 is 11.9 Å². The van der Waals surface area contributed by atoms with E-state index in [9.17, 15) is 4.79 Å². The SMILES string of the molecule is Cc1noc(-c2cnc(N(C)C)nc2-c2ccc(CNC(=O)C3[C@@H]4CCCC[C@@H]34)cc2)c1C. The van der Waals surface area contributed by atoms with Crippen molar-refractivity contribution in [1.29, 1.82) is 0 Å². The number of carbonyl (C=O) groups is 1. The Bertz CT molecular complexity index is 1160. The summed E-state index contributed by atoms with van der Waals surface area (Å²) < 4.78 is 5.61. The minimum Gasteiger partial charge on any atom is -0.356 e. The van der Waals surface area contributed by atoms with Crippen LogP contribution in [0.25, 0.3) is 22.6 Å². The molecule has 2 aliphatic carbocycles. The summed E-state index contributed by atoms with van der Waals surface area (Å²) in [5, 5.41) is 7.26. The number of amides is 1. The topological polar surface area (TPSA) is 84.2 Å². The van der Waals surface area contributed by atoms with E-state index in [1.165, 1.54) is 25.7 Å². The first-order valence-corrected chi connectivity index (χ1v) is 11.8. The molecule has 0 saturated heterocycles. The highest BCUT2D eigenvalue weighted by Crippen LogP contribution is 2.55. The van der Waals surface area contributed by atoms with Gasteiger partial charge in [-0.2, -0.15) is 0 Å². The fraction of sp³-hybridized carbons (Fsp3) is 0.462. The number of carbonyl (C=O) groups excluding carboxylic acids is 1. The largest absolute Gasteiger partial charge is 0.356 e. The summed E-state index contributed by atoms with van der Waals surface area (Å²) in [6, 6.07) is 8.19. The summed E-state index contributed by atoms with van der Waals surface area (Å²) in [4.78, 5) is 23.8. The minimum absolute atomic E-state index is 0.223. The Hall–Kier alpha value is -3.22. The predicted octanol–water partition coefficient (Wildman–Crippen LogP) is 4.53. The molecule has 33 heavy (non-hydrogen) atoms.